The summed E-state index contributed by atoms with van der Waals surface area (Å²) in [6.45, 7) is 6.25. The van der Waals surface area contributed by atoms with Gasteiger partial charge in [0.25, 0.3) is 0 Å². The minimum Gasteiger partial charge on any atom is -0.496 e. The van der Waals surface area contributed by atoms with Crippen molar-refractivity contribution in [1.29, 1.82) is 0 Å². The molecule has 0 bridgehead atoms. The lowest BCUT2D eigenvalue weighted by molar-refractivity contribution is 0.122. The van der Waals surface area contributed by atoms with Gasteiger partial charge in [0.05, 0.1) is 26.4 Å². The van der Waals surface area contributed by atoms with Gasteiger partial charge in [-0.15, -0.1) is 0 Å². The van der Waals surface area contributed by atoms with Crippen LogP contribution in [0.1, 0.15) is 30.9 Å². The van der Waals surface area contributed by atoms with E-state index in [1.807, 2.05) is 18.2 Å². The van der Waals surface area contributed by atoms with Gasteiger partial charge in [0, 0.05) is 31.3 Å². The number of morpholine rings is 1. The lowest BCUT2D eigenvalue weighted by Crippen LogP contribution is -2.38. The zero-order valence-corrected chi connectivity index (χ0v) is 17.2. The first-order valence-corrected chi connectivity index (χ1v) is 10.6. The van der Waals surface area contributed by atoms with Gasteiger partial charge in [0.1, 0.15) is 23.7 Å². The van der Waals surface area contributed by atoms with Crippen molar-refractivity contribution in [3.8, 4) is 5.75 Å². The number of anilines is 2. The van der Waals surface area contributed by atoms with Crippen molar-refractivity contribution in [2.45, 2.75) is 25.3 Å². The molecular formula is C22H31N5O2. The number of methoxy groups -OCH3 is 1. The second-order valence-electron chi connectivity index (χ2n) is 7.60. The largest absolute Gasteiger partial charge is 0.496 e. The minimum absolute atomic E-state index is 0.244. The van der Waals surface area contributed by atoms with E-state index in [0.717, 1.165) is 63.3 Å². The molecule has 0 radical (unpaired) electrons. The summed E-state index contributed by atoms with van der Waals surface area (Å²) < 4.78 is 11.1. The van der Waals surface area contributed by atoms with Gasteiger partial charge in [-0.05, 0) is 32.0 Å². The van der Waals surface area contributed by atoms with Gasteiger partial charge in [0.2, 0.25) is 0 Å². The van der Waals surface area contributed by atoms with Crippen molar-refractivity contribution in [2.75, 3.05) is 63.3 Å². The van der Waals surface area contributed by atoms with E-state index in [-0.39, 0.29) is 6.04 Å². The maximum atomic E-state index is 5.67. The van der Waals surface area contributed by atoms with Crippen LogP contribution in [0.2, 0.25) is 0 Å². The minimum atomic E-state index is 0.244. The molecule has 2 fully saturated rings. The Bertz CT molecular complexity index is 775. The second kappa shape index (κ2) is 9.89. The monoisotopic (exact) mass is 397 g/mol. The van der Waals surface area contributed by atoms with Crippen LogP contribution in [0.5, 0.6) is 5.75 Å². The Morgan fingerprint density at radius 2 is 1.86 bits per heavy atom. The smallest absolute Gasteiger partial charge is 0.134 e. The Morgan fingerprint density at radius 1 is 1.07 bits per heavy atom. The first-order chi connectivity index (χ1) is 14.3. The van der Waals surface area contributed by atoms with Crippen molar-refractivity contribution >= 4 is 11.6 Å². The molecule has 4 rings (SSSR count). The lowest BCUT2D eigenvalue weighted by atomic mass is 10.0. The highest BCUT2D eigenvalue weighted by molar-refractivity contribution is 5.49. The molecule has 1 aromatic heterocycles. The molecule has 29 heavy (non-hydrogen) atoms. The number of hydrogen-bond donors (Lipinski definition) is 1. The average Bonchev–Trinajstić information content (AvgIpc) is 2.81. The number of benzene rings is 1. The molecule has 2 aliphatic heterocycles. The van der Waals surface area contributed by atoms with E-state index in [4.69, 9.17) is 9.47 Å². The van der Waals surface area contributed by atoms with Crippen LogP contribution >= 0.6 is 0 Å². The van der Waals surface area contributed by atoms with Crippen LogP contribution in [0.15, 0.2) is 36.7 Å². The first kappa shape index (κ1) is 19.9. The molecule has 1 N–H and O–H groups in total. The number of likely N-dealkylation sites (tertiary alicyclic amines) is 1. The zero-order chi connectivity index (χ0) is 19.9. The summed E-state index contributed by atoms with van der Waals surface area (Å²) in [5, 5.41) is 3.57. The second-order valence-corrected chi connectivity index (χ2v) is 7.60. The standard InChI is InChI=1S/C22H31N5O2/c1-28-20-8-4-3-7-18(20)19(26-9-5-2-6-10-26)16-23-21-15-22(25-17-24-21)27-11-13-29-14-12-27/h3-4,7-8,15,17,19H,2,5-6,9-14,16H2,1H3,(H,23,24,25). The van der Waals surface area contributed by atoms with E-state index in [1.165, 1.54) is 24.8 Å². The van der Waals surface area contributed by atoms with Crippen LogP contribution < -0.4 is 15.0 Å². The third-order valence-corrected chi connectivity index (χ3v) is 5.79. The molecule has 7 heteroatoms. The molecule has 0 amide bonds. The fourth-order valence-electron chi connectivity index (χ4n) is 4.22. The Labute approximate surface area is 173 Å². The summed E-state index contributed by atoms with van der Waals surface area (Å²) >= 11 is 0. The van der Waals surface area contributed by atoms with Gasteiger partial charge >= 0.3 is 0 Å². The van der Waals surface area contributed by atoms with Gasteiger partial charge in [-0.3, -0.25) is 4.90 Å². The molecule has 7 nitrogen and oxygen atoms in total. The van der Waals surface area contributed by atoms with Crippen LogP contribution in [0, 0.1) is 0 Å². The molecule has 2 saturated heterocycles. The van der Waals surface area contributed by atoms with Crippen LogP contribution in [-0.2, 0) is 4.74 Å². The number of piperidine rings is 1. The highest BCUT2D eigenvalue weighted by Crippen LogP contribution is 2.31. The number of hydrogen-bond acceptors (Lipinski definition) is 7. The molecule has 0 aliphatic carbocycles. The van der Waals surface area contributed by atoms with Crippen molar-refractivity contribution in [3.05, 3.63) is 42.2 Å². The highest BCUT2D eigenvalue weighted by Gasteiger charge is 2.25. The maximum Gasteiger partial charge on any atom is 0.134 e. The van der Waals surface area contributed by atoms with Gasteiger partial charge in [0.15, 0.2) is 0 Å². The molecule has 0 spiro atoms. The Balaban J connectivity index is 1.50. The number of rotatable bonds is 7. The van der Waals surface area contributed by atoms with Gasteiger partial charge < -0.3 is 19.7 Å². The predicted octanol–water partition coefficient (Wildman–Crippen LogP) is 2.96. The van der Waals surface area contributed by atoms with E-state index < -0.39 is 0 Å². The molecular weight excluding hydrogens is 366 g/mol. The lowest BCUT2D eigenvalue weighted by Gasteiger charge is -2.35. The van der Waals surface area contributed by atoms with Crippen LogP contribution in [0.3, 0.4) is 0 Å². The summed E-state index contributed by atoms with van der Waals surface area (Å²) in [4.78, 5) is 13.7. The SMILES string of the molecule is COc1ccccc1C(CNc1cc(N2CCOCC2)ncn1)N1CCCCC1. The average molecular weight is 398 g/mol. The molecule has 3 heterocycles. The summed E-state index contributed by atoms with van der Waals surface area (Å²) in [5.74, 6) is 2.76. The first-order valence-electron chi connectivity index (χ1n) is 10.6. The van der Waals surface area contributed by atoms with Gasteiger partial charge in [-0.25, -0.2) is 9.97 Å². The molecule has 2 aromatic rings. The molecule has 0 saturated carbocycles. The van der Waals surface area contributed by atoms with E-state index >= 15 is 0 Å². The topological polar surface area (TPSA) is 62.8 Å². The molecule has 2 aliphatic rings. The third kappa shape index (κ3) is 4.97. The maximum absolute atomic E-state index is 5.67. The third-order valence-electron chi connectivity index (χ3n) is 5.79. The van der Waals surface area contributed by atoms with Crippen LogP contribution in [0.4, 0.5) is 11.6 Å². The molecule has 156 valence electrons. The predicted molar refractivity (Wildman–Crippen MR) is 115 cm³/mol. The number of aromatic nitrogens is 2. The van der Waals surface area contributed by atoms with Gasteiger partial charge in [-0.1, -0.05) is 24.6 Å². The number of para-hydroxylation sites is 1. The number of nitrogens with zero attached hydrogens (tertiary/aromatic N) is 4. The number of nitrogens with one attached hydrogen (secondary N) is 1. The fourth-order valence-corrected chi connectivity index (χ4v) is 4.22. The molecule has 1 atom stereocenters. The van der Waals surface area contributed by atoms with Crippen molar-refractivity contribution in [3.63, 3.8) is 0 Å². The van der Waals surface area contributed by atoms with E-state index in [1.54, 1.807) is 13.4 Å². The summed E-state index contributed by atoms with van der Waals surface area (Å²) in [5.41, 5.74) is 1.23. The van der Waals surface area contributed by atoms with Gasteiger partial charge in [-0.2, -0.15) is 0 Å². The van der Waals surface area contributed by atoms with E-state index in [2.05, 4.69) is 37.2 Å². The van der Waals surface area contributed by atoms with Crippen molar-refractivity contribution < 1.29 is 9.47 Å². The zero-order valence-electron chi connectivity index (χ0n) is 17.2. The Hall–Kier alpha value is -2.38. The highest BCUT2D eigenvalue weighted by atomic mass is 16.5. The van der Waals surface area contributed by atoms with Crippen molar-refractivity contribution in [2.24, 2.45) is 0 Å². The quantitative estimate of drug-likeness (QED) is 0.771. The Kier molecular flexibility index (Phi) is 6.79. The molecule has 1 aromatic carbocycles. The molecule has 1 unspecified atom stereocenters. The van der Waals surface area contributed by atoms with Crippen LogP contribution in [0.25, 0.3) is 0 Å². The van der Waals surface area contributed by atoms with E-state index in [9.17, 15) is 0 Å². The summed E-state index contributed by atoms with van der Waals surface area (Å²) in [6.07, 6.45) is 5.46. The number of ether oxygens (including phenoxy) is 2. The summed E-state index contributed by atoms with van der Waals surface area (Å²) in [6, 6.07) is 10.6. The normalized spacial score (nSPS) is 19.0. The van der Waals surface area contributed by atoms with E-state index in [0.29, 0.717) is 0 Å². The van der Waals surface area contributed by atoms with Crippen molar-refractivity contribution in [1.82, 2.24) is 14.9 Å². The Morgan fingerprint density at radius 3 is 2.66 bits per heavy atom. The summed E-state index contributed by atoms with van der Waals surface area (Å²) in [7, 11) is 1.75. The fraction of sp³-hybridized carbons (Fsp3) is 0.545. The van der Waals surface area contributed by atoms with Crippen LogP contribution in [-0.4, -0.2) is 67.9 Å².